The van der Waals surface area contributed by atoms with Crippen LogP contribution in [0.5, 0.6) is 0 Å². The van der Waals surface area contributed by atoms with Gasteiger partial charge in [0.2, 0.25) is 0 Å². The second kappa shape index (κ2) is 6.82. The fourth-order valence-corrected chi connectivity index (χ4v) is 2.94. The number of esters is 1. The summed E-state index contributed by atoms with van der Waals surface area (Å²) in [4.78, 5) is 23.2. The number of hydrogen-bond acceptors (Lipinski definition) is 7. The standard InChI is InChI=1S/C18H24N4O3/c1-5-24-17(23)18(4)7-9-22(11-18)14-10-13(6-8-19-14)16-20-15(12(2)3)21-25-16/h6,8,10,12H,5,7,9,11H2,1-4H3. The molecule has 0 saturated carbocycles. The summed E-state index contributed by atoms with van der Waals surface area (Å²) in [5, 5.41) is 4.00. The fraction of sp³-hybridized carbons (Fsp3) is 0.556. The maximum Gasteiger partial charge on any atom is 0.313 e. The van der Waals surface area contributed by atoms with Crippen LogP contribution in [0.25, 0.3) is 11.5 Å². The monoisotopic (exact) mass is 344 g/mol. The number of ether oxygens (including phenoxy) is 1. The molecule has 134 valence electrons. The van der Waals surface area contributed by atoms with Gasteiger partial charge in [-0.2, -0.15) is 4.98 Å². The lowest BCUT2D eigenvalue weighted by molar-refractivity contribution is -0.153. The van der Waals surface area contributed by atoms with Gasteiger partial charge in [0.05, 0.1) is 12.0 Å². The van der Waals surface area contributed by atoms with Gasteiger partial charge in [0.1, 0.15) is 5.82 Å². The molecule has 3 rings (SSSR count). The Morgan fingerprint density at radius 2 is 2.28 bits per heavy atom. The summed E-state index contributed by atoms with van der Waals surface area (Å²) in [6.45, 7) is 9.56. The molecule has 1 unspecified atom stereocenters. The molecular formula is C18H24N4O3. The van der Waals surface area contributed by atoms with Gasteiger partial charge in [0, 0.05) is 30.8 Å². The molecule has 0 aromatic carbocycles. The van der Waals surface area contributed by atoms with E-state index >= 15 is 0 Å². The summed E-state index contributed by atoms with van der Waals surface area (Å²) < 4.78 is 10.6. The topological polar surface area (TPSA) is 81.4 Å². The first-order valence-corrected chi connectivity index (χ1v) is 8.65. The van der Waals surface area contributed by atoms with Crippen molar-refractivity contribution in [3.8, 4) is 11.5 Å². The van der Waals surface area contributed by atoms with Gasteiger partial charge in [-0.05, 0) is 32.4 Å². The van der Waals surface area contributed by atoms with E-state index in [2.05, 4.69) is 20.0 Å². The number of carbonyl (C=O) groups is 1. The first-order valence-electron chi connectivity index (χ1n) is 8.65. The summed E-state index contributed by atoms with van der Waals surface area (Å²) in [6.07, 6.45) is 2.47. The lowest BCUT2D eigenvalue weighted by Gasteiger charge is -2.23. The zero-order valence-electron chi connectivity index (χ0n) is 15.2. The maximum absolute atomic E-state index is 12.2. The largest absolute Gasteiger partial charge is 0.466 e. The van der Waals surface area contributed by atoms with Crippen LogP contribution in [-0.2, 0) is 9.53 Å². The molecule has 0 N–H and O–H groups in total. The van der Waals surface area contributed by atoms with Crippen molar-refractivity contribution in [2.45, 2.75) is 40.0 Å². The predicted molar refractivity (Wildman–Crippen MR) is 93.2 cm³/mol. The van der Waals surface area contributed by atoms with Crippen molar-refractivity contribution in [1.82, 2.24) is 15.1 Å². The normalized spacial score (nSPS) is 20.3. The van der Waals surface area contributed by atoms with E-state index in [4.69, 9.17) is 9.26 Å². The van der Waals surface area contributed by atoms with Crippen LogP contribution in [0.1, 0.15) is 45.9 Å². The fourth-order valence-electron chi connectivity index (χ4n) is 2.94. The average molecular weight is 344 g/mol. The third-order valence-electron chi connectivity index (χ3n) is 4.52. The van der Waals surface area contributed by atoms with Crippen LogP contribution in [0.4, 0.5) is 5.82 Å². The Bertz CT molecular complexity index is 758. The van der Waals surface area contributed by atoms with Crippen LogP contribution in [0.3, 0.4) is 0 Å². The third kappa shape index (κ3) is 3.50. The van der Waals surface area contributed by atoms with Crippen molar-refractivity contribution >= 4 is 11.8 Å². The smallest absolute Gasteiger partial charge is 0.313 e. The van der Waals surface area contributed by atoms with Gasteiger partial charge in [-0.25, -0.2) is 4.98 Å². The van der Waals surface area contributed by atoms with E-state index in [1.54, 1.807) is 6.20 Å². The van der Waals surface area contributed by atoms with Crippen LogP contribution in [-0.4, -0.2) is 40.8 Å². The molecule has 0 radical (unpaired) electrons. The van der Waals surface area contributed by atoms with Crippen LogP contribution in [0, 0.1) is 5.41 Å². The molecule has 7 heteroatoms. The molecular weight excluding hydrogens is 320 g/mol. The van der Waals surface area contributed by atoms with Crippen LogP contribution in [0.2, 0.25) is 0 Å². The van der Waals surface area contributed by atoms with E-state index < -0.39 is 5.41 Å². The Morgan fingerprint density at radius 1 is 1.48 bits per heavy atom. The molecule has 0 aliphatic carbocycles. The summed E-state index contributed by atoms with van der Waals surface area (Å²) >= 11 is 0. The van der Waals surface area contributed by atoms with E-state index in [1.807, 2.05) is 39.8 Å². The number of anilines is 1. The molecule has 3 heterocycles. The maximum atomic E-state index is 12.2. The number of carbonyl (C=O) groups excluding carboxylic acids is 1. The molecule has 2 aromatic rings. The first-order chi connectivity index (χ1) is 11.9. The van der Waals surface area contributed by atoms with Gasteiger partial charge in [-0.1, -0.05) is 19.0 Å². The highest BCUT2D eigenvalue weighted by atomic mass is 16.5. The number of rotatable bonds is 5. The highest BCUT2D eigenvalue weighted by Gasteiger charge is 2.42. The molecule has 0 spiro atoms. The van der Waals surface area contributed by atoms with Gasteiger partial charge in [0.25, 0.3) is 5.89 Å². The van der Waals surface area contributed by atoms with Gasteiger partial charge >= 0.3 is 5.97 Å². The van der Waals surface area contributed by atoms with Crippen molar-refractivity contribution in [2.75, 3.05) is 24.6 Å². The molecule has 2 aromatic heterocycles. The zero-order chi connectivity index (χ0) is 18.0. The predicted octanol–water partition coefficient (Wildman–Crippen LogP) is 3.03. The molecule has 1 aliphatic rings. The minimum atomic E-state index is -0.497. The van der Waals surface area contributed by atoms with E-state index in [9.17, 15) is 4.79 Å². The van der Waals surface area contributed by atoms with E-state index in [-0.39, 0.29) is 11.9 Å². The summed E-state index contributed by atoms with van der Waals surface area (Å²) in [6, 6.07) is 3.77. The van der Waals surface area contributed by atoms with E-state index in [1.165, 1.54) is 0 Å². The number of aromatic nitrogens is 3. The number of hydrogen-bond donors (Lipinski definition) is 0. The number of pyridine rings is 1. The van der Waals surface area contributed by atoms with Crippen molar-refractivity contribution in [2.24, 2.45) is 5.41 Å². The summed E-state index contributed by atoms with van der Waals surface area (Å²) in [5.74, 6) is 2.04. The van der Waals surface area contributed by atoms with Gasteiger partial charge in [-0.15, -0.1) is 0 Å². The minimum Gasteiger partial charge on any atom is -0.466 e. The molecule has 0 bridgehead atoms. The number of nitrogens with zero attached hydrogens (tertiary/aromatic N) is 4. The quantitative estimate of drug-likeness (QED) is 0.771. The highest BCUT2D eigenvalue weighted by Crippen LogP contribution is 2.34. The molecule has 1 fully saturated rings. The Morgan fingerprint density at radius 3 is 2.96 bits per heavy atom. The SMILES string of the molecule is CCOC(=O)C1(C)CCN(c2cc(-c3nc(C(C)C)no3)ccn2)C1. The van der Waals surface area contributed by atoms with Gasteiger partial charge < -0.3 is 14.2 Å². The highest BCUT2D eigenvalue weighted by molar-refractivity contribution is 5.78. The van der Waals surface area contributed by atoms with Crippen molar-refractivity contribution in [3.05, 3.63) is 24.2 Å². The lowest BCUT2D eigenvalue weighted by Crippen LogP contribution is -2.33. The van der Waals surface area contributed by atoms with E-state index in [0.717, 1.165) is 24.3 Å². The molecule has 1 atom stereocenters. The molecule has 7 nitrogen and oxygen atoms in total. The Hall–Kier alpha value is -2.44. The van der Waals surface area contributed by atoms with Crippen LogP contribution < -0.4 is 4.90 Å². The molecule has 1 aliphatic heterocycles. The molecule has 0 amide bonds. The zero-order valence-corrected chi connectivity index (χ0v) is 15.2. The molecule has 1 saturated heterocycles. The second-order valence-electron chi connectivity index (χ2n) is 6.97. The summed E-state index contributed by atoms with van der Waals surface area (Å²) in [5.41, 5.74) is 0.331. The van der Waals surface area contributed by atoms with Crippen LogP contribution >= 0.6 is 0 Å². The van der Waals surface area contributed by atoms with Gasteiger partial charge in [0.15, 0.2) is 5.82 Å². The first kappa shape index (κ1) is 17.4. The van der Waals surface area contributed by atoms with Gasteiger partial charge in [-0.3, -0.25) is 4.79 Å². The Balaban J connectivity index is 1.79. The van der Waals surface area contributed by atoms with Crippen LogP contribution in [0.15, 0.2) is 22.9 Å². The van der Waals surface area contributed by atoms with E-state index in [0.29, 0.717) is 24.9 Å². The summed E-state index contributed by atoms with van der Waals surface area (Å²) in [7, 11) is 0. The van der Waals surface area contributed by atoms with Crippen molar-refractivity contribution < 1.29 is 14.1 Å². The van der Waals surface area contributed by atoms with Crippen molar-refractivity contribution in [3.63, 3.8) is 0 Å². The Labute approximate surface area is 147 Å². The Kier molecular flexibility index (Phi) is 4.74. The second-order valence-corrected chi connectivity index (χ2v) is 6.97. The molecule has 25 heavy (non-hydrogen) atoms. The average Bonchev–Trinajstić information content (AvgIpc) is 3.23. The minimum absolute atomic E-state index is 0.146. The lowest BCUT2D eigenvalue weighted by atomic mass is 9.90. The van der Waals surface area contributed by atoms with Crippen molar-refractivity contribution in [1.29, 1.82) is 0 Å². The third-order valence-corrected chi connectivity index (χ3v) is 4.52.